The van der Waals surface area contributed by atoms with E-state index in [-0.39, 0.29) is 40.4 Å². The van der Waals surface area contributed by atoms with Gasteiger partial charge in [-0.25, -0.2) is 0 Å². The van der Waals surface area contributed by atoms with Crippen LogP contribution in [0, 0.1) is 0 Å². The summed E-state index contributed by atoms with van der Waals surface area (Å²) in [6.45, 7) is 0. The second-order valence-electron chi connectivity index (χ2n) is 3.51. The molecule has 0 fully saturated rings. The summed E-state index contributed by atoms with van der Waals surface area (Å²) in [7, 11) is 0. The molecule has 0 radical (unpaired) electrons. The Morgan fingerprint density at radius 1 is 0.588 bits per heavy atom. The van der Waals surface area contributed by atoms with E-state index in [1.54, 1.807) is 0 Å². The van der Waals surface area contributed by atoms with E-state index in [1.807, 2.05) is 0 Å². The molecular formula is C10H5LiN2O4. The van der Waals surface area contributed by atoms with Gasteiger partial charge in [0.25, 0.3) is 22.2 Å². The van der Waals surface area contributed by atoms with Crippen LogP contribution >= 0.6 is 0 Å². The molecule has 0 saturated carbocycles. The van der Waals surface area contributed by atoms with Crippen molar-refractivity contribution in [3.8, 4) is 0 Å². The van der Waals surface area contributed by atoms with Crippen LogP contribution in [0.15, 0.2) is 31.3 Å². The van der Waals surface area contributed by atoms with E-state index in [1.165, 1.54) is 12.1 Å². The van der Waals surface area contributed by atoms with Gasteiger partial charge >= 0.3 is 18.9 Å². The van der Waals surface area contributed by atoms with Gasteiger partial charge in [-0.15, -0.1) is 0 Å². The number of aromatic nitrogens is 2. The van der Waals surface area contributed by atoms with E-state index in [0.717, 1.165) is 0 Å². The summed E-state index contributed by atoms with van der Waals surface area (Å²) in [6.07, 6.45) is 0. The quantitative estimate of drug-likeness (QED) is 0.445. The summed E-state index contributed by atoms with van der Waals surface area (Å²) in [5.41, 5.74) is -2.19. The monoisotopic (exact) mass is 224 g/mol. The van der Waals surface area contributed by atoms with Crippen LogP contribution in [0.1, 0.15) is 0 Å². The normalized spacial score (nSPS) is 10.8. The summed E-state index contributed by atoms with van der Waals surface area (Å²) in [6, 6.07) is 2.54. The van der Waals surface area contributed by atoms with Crippen LogP contribution in [0.4, 0.5) is 0 Å². The van der Waals surface area contributed by atoms with Crippen LogP contribution in [0.3, 0.4) is 0 Å². The first-order chi connectivity index (χ1) is 7.58. The minimum absolute atomic E-state index is 0. The molecule has 0 unspecified atom stereocenters. The molecule has 17 heavy (non-hydrogen) atoms. The van der Waals surface area contributed by atoms with Crippen molar-refractivity contribution in [1.82, 2.24) is 9.97 Å². The van der Waals surface area contributed by atoms with Gasteiger partial charge in [0.2, 0.25) is 0 Å². The van der Waals surface area contributed by atoms with Crippen LogP contribution in [-0.2, 0) is 0 Å². The third-order valence-corrected chi connectivity index (χ3v) is 2.59. The SMILES string of the molecule is O=c1[nH]c(=O)c2cc3c(=O)[nH]c(=O)c3cc12.[LiH]. The molecule has 0 aliphatic carbocycles. The van der Waals surface area contributed by atoms with E-state index in [4.69, 9.17) is 0 Å². The van der Waals surface area contributed by atoms with Crippen LogP contribution in [-0.4, -0.2) is 28.8 Å². The molecule has 1 aromatic carbocycles. The number of aromatic amines is 2. The van der Waals surface area contributed by atoms with E-state index in [9.17, 15) is 19.2 Å². The number of rotatable bonds is 0. The minimum atomic E-state index is -0.546. The standard InChI is InChI=1S/C10H4N2O4.Li.H/c13-7-3-1-4-6(10(16)12-8(4)14)2-5(3)9(15)11-7;;/h1-2H,(H,11,13,15)(H,12,14,16);;. The second-order valence-corrected chi connectivity index (χ2v) is 3.51. The average molecular weight is 224 g/mol. The molecular weight excluding hydrogens is 219 g/mol. The predicted octanol–water partition coefficient (Wildman–Crippen LogP) is -1.68. The van der Waals surface area contributed by atoms with Crippen molar-refractivity contribution in [2.45, 2.75) is 0 Å². The topological polar surface area (TPSA) is 99.9 Å². The van der Waals surface area contributed by atoms with Crippen LogP contribution in [0.5, 0.6) is 0 Å². The molecule has 0 atom stereocenters. The number of hydrogen-bond donors (Lipinski definition) is 2. The van der Waals surface area contributed by atoms with Gasteiger partial charge in [0, 0.05) is 0 Å². The molecule has 2 aromatic heterocycles. The third-order valence-electron chi connectivity index (χ3n) is 2.59. The van der Waals surface area contributed by atoms with Crippen molar-refractivity contribution in [2.75, 3.05) is 0 Å². The second kappa shape index (κ2) is 3.55. The molecule has 7 heteroatoms. The zero-order valence-electron chi connectivity index (χ0n) is 7.79. The third kappa shape index (κ3) is 1.42. The number of H-pyrrole nitrogens is 2. The Balaban J connectivity index is 0.00000108. The Bertz CT molecular complexity index is 781. The molecule has 0 amide bonds. The zero-order valence-corrected chi connectivity index (χ0v) is 7.79. The van der Waals surface area contributed by atoms with E-state index < -0.39 is 22.2 Å². The summed E-state index contributed by atoms with van der Waals surface area (Å²) < 4.78 is 0. The number of hydrogen-bond acceptors (Lipinski definition) is 4. The molecule has 0 saturated heterocycles. The zero-order chi connectivity index (χ0) is 11.4. The first-order valence-corrected chi connectivity index (χ1v) is 4.47. The van der Waals surface area contributed by atoms with Gasteiger partial charge in [-0.05, 0) is 12.1 Å². The molecule has 2 N–H and O–H groups in total. The van der Waals surface area contributed by atoms with Crippen molar-refractivity contribution >= 4 is 40.4 Å². The van der Waals surface area contributed by atoms with Crippen LogP contribution < -0.4 is 22.2 Å². The van der Waals surface area contributed by atoms with Gasteiger partial charge in [-0.1, -0.05) is 0 Å². The van der Waals surface area contributed by atoms with E-state index in [0.29, 0.717) is 0 Å². The molecule has 0 aliphatic heterocycles. The van der Waals surface area contributed by atoms with Crippen molar-refractivity contribution in [3.05, 3.63) is 53.5 Å². The molecule has 3 aromatic rings. The van der Waals surface area contributed by atoms with Crippen molar-refractivity contribution < 1.29 is 0 Å². The first kappa shape index (κ1) is 11.6. The van der Waals surface area contributed by atoms with Gasteiger partial charge in [0.15, 0.2) is 0 Å². The van der Waals surface area contributed by atoms with E-state index in [2.05, 4.69) is 9.97 Å². The predicted molar refractivity (Wildman–Crippen MR) is 64.8 cm³/mol. The molecule has 0 spiro atoms. The van der Waals surface area contributed by atoms with Gasteiger partial charge in [-0.3, -0.25) is 29.1 Å². The van der Waals surface area contributed by atoms with Gasteiger partial charge in [0.1, 0.15) is 0 Å². The molecule has 0 bridgehead atoms. The summed E-state index contributed by atoms with van der Waals surface area (Å²) >= 11 is 0. The Morgan fingerprint density at radius 3 is 1.06 bits per heavy atom. The van der Waals surface area contributed by atoms with Crippen molar-refractivity contribution in [3.63, 3.8) is 0 Å². The summed E-state index contributed by atoms with van der Waals surface area (Å²) in [4.78, 5) is 49.4. The molecule has 6 nitrogen and oxygen atoms in total. The fourth-order valence-electron chi connectivity index (χ4n) is 1.83. The van der Waals surface area contributed by atoms with Gasteiger partial charge in [-0.2, -0.15) is 0 Å². The maximum atomic E-state index is 11.3. The Kier molecular flexibility index (Phi) is 2.42. The molecule has 80 valence electrons. The van der Waals surface area contributed by atoms with Gasteiger partial charge in [0.05, 0.1) is 21.5 Å². The fraction of sp³-hybridized carbons (Fsp3) is 0. The van der Waals surface area contributed by atoms with Crippen molar-refractivity contribution in [2.24, 2.45) is 0 Å². The Labute approximate surface area is 104 Å². The van der Waals surface area contributed by atoms with Crippen LogP contribution in [0.2, 0.25) is 0 Å². The van der Waals surface area contributed by atoms with Crippen LogP contribution in [0.25, 0.3) is 21.5 Å². The number of fused-ring (bicyclic) bond motifs is 2. The maximum absolute atomic E-state index is 11.3. The average Bonchev–Trinajstić information content (AvgIpc) is 2.67. The molecule has 3 rings (SSSR count). The number of benzene rings is 1. The van der Waals surface area contributed by atoms with E-state index >= 15 is 0 Å². The molecule has 2 heterocycles. The Hall–Kier alpha value is -1.90. The summed E-state index contributed by atoms with van der Waals surface area (Å²) in [5, 5.41) is 0.532. The summed E-state index contributed by atoms with van der Waals surface area (Å²) in [5.74, 6) is 0. The Morgan fingerprint density at radius 2 is 0.824 bits per heavy atom. The van der Waals surface area contributed by atoms with Gasteiger partial charge < -0.3 is 0 Å². The van der Waals surface area contributed by atoms with Crippen molar-refractivity contribution in [1.29, 1.82) is 0 Å². The number of nitrogens with one attached hydrogen (secondary N) is 2. The fourth-order valence-corrected chi connectivity index (χ4v) is 1.83. The molecule has 0 aliphatic rings. The first-order valence-electron chi connectivity index (χ1n) is 4.47.